The molecule has 0 aliphatic heterocycles. The van der Waals surface area contributed by atoms with Crippen LogP contribution in [0.1, 0.15) is 55.8 Å². The zero-order valence-electron chi connectivity index (χ0n) is 22.8. The predicted octanol–water partition coefficient (Wildman–Crippen LogP) is 5.26. The third kappa shape index (κ3) is 8.40. The van der Waals surface area contributed by atoms with Crippen molar-refractivity contribution in [3.63, 3.8) is 0 Å². The summed E-state index contributed by atoms with van der Waals surface area (Å²) in [7, 11) is -3.54. The van der Waals surface area contributed by atoms with Crippen LogP contribution < -0.4 is 10.0 Å². The van der Waals surface area contributed by atoms with Gasteiger partial charge in [-0.3, -0.25) is 9.59 Å². The molecule has 0 radical (unpaired) electrons. The molecule has 3 aromatic rings. The van der Waals surface area contributed by atoms with Gasteiger partial charge in [0.25, 0.3) is 0 Å². The van der Waals surface area contributed by atoms with E-state index in [9.17, 15) is 18.0 Å². The quantitative estimate of drug-likeness (QED) is 0.288. The van der Waals surface area contributed by atoms with Crippen molar-refractivity contribution in [3.05, 3.63) is 101 Å². The Kier molecular flexibility index (Phi) is 10.0. The second kappa shape index (κ2) is 13.4. The van der Waals surface area contributed by atoms with Crippen LogP contribution in [0.4, 0.5) is 0 Å². The highest BCUT2D eigenvalue weighted by molar-refractivity contribution is 7.89. The first-order valence-electron chi connectivity index (χ1n) is 13.6. The van der Waals surface area contributed by atoms with Crippen LogP contribution in [0.15, 0.2) is 83.8 Å². The molecule has 4 rings (SSSR count). The molecule has 0 aromatic heterocycles. The van der Waals surface area contributed by atoms with Gasteiger partial charge in [-0.15, -0.1) is 0 Å². The van der Waals surface area contributed by atoms with Crippen molar-refractivity contribution in [1.82, 2.24) is 14.9 Å². The lowest BCUT2D eigenvalue weighted by Gasteiger charge is -2.32. The van der Waals surface area contributed by atoms with E-state index >= 15 is 0 Å². The lowest BCUT2D eigenvalue weighted by molar-refractivity contribution is -0.141. The van der Waals surface area contributed by atoms with Gasteiger partial charge in [-0.2, -0.15) is 0 Å². The summed E-state index contributed by atoms with van der Waals surface area (Å²) >= 11 is 6.09. The first-order valence-corrected chi connectivity index (χ1v) is 15.5. The number of benzene rings is 3. The molecule has 212 valence electrons. The van der Waals surface area contributed by atoms with Crippen molar-refractivity contribution in [2.45, 2.75) is 63.1 Å². The van der Waals surface area contributed by atoms with Crippen molar-refractivity contribution >= 4 is 33.4 Å². The molecule has 1 aliphatic rings. The lowest BCUT2D eigenvalue weighted by Crippen LogP contribution is -2.44. The van der Waals surface area contributed by atoms with Gasteiger partial charge < -0.3 is 10.2 Å². The normalized spacial score (nSPS) is 14.1. The Balaban J connectivity index is 1.55. The predicted molar refractivity (Wildman–Crippen MR) is 157 cm³/mol. The van der Waals surface area contributed by atoms with E-state index in [-0.39, 0.29) is 41.6 Å². The van der Waals surface area contributed by atoms with Gasteiger partial charge in [-0.05, 0) is 66.1 Å². The van der Waals surface area contributed by atoms with E-state index in [0.717, 1.165) is 29.5 Å². The molecule has 1 atom stereocenters. The van der Waals surface area contributed by atoms with E-state index in [2.05, 4.69) is 10.0 Å². The summed E-state index contributed by atoms with van der Waals surface area (Å²) in [4.78, 5) is 29.2. The number of carbonyl (C=O) groups is 2. The van der Waals surface area contributed by atoms with E-state index < -0.39 is 16.1 Å². The fourth-order valence-electron chi connectivity index (χ4n) is 4.34. The van der Waals surface area contributed by atoms with Gasteiger partial charge in [0.05, 0.1) is 4.90 Å². The Hall–Kier alpha value is -3.20. The fraction of sp³-hybridized carbons (Fsp3) is 0.355. The van der Waals surface area contributed by atoms with Crippen LogP contribution in [-0.4, -0.2) is 37.7 Å². The minimum atomic E-state index is -3.54. The monoisotopic (exact) mass is 581 g/mol. The molecule has 0 bridgehead atoms. The molecule has 2 N–H and O–H groups in total. The number of hydrogen-bond acceptors (Lipinski definition) is 4. The molecule has 0 saturated heterocycles. The third-order valence-corrected chi connectivity index (χ3v) is 8.50. The summed E-state index contributed by atoms with van der Waals surface area (Å²) in [6, 6.07) is 22.4. The third-order valence-electron chi connectivity index (χ3n) is 6.71. The Bertz CT molecular complexity index is 1390. The second-order valence-corrected chi connectivity index (χ2v) is 12.8. The highest BCUT2D eigenvalue weighted by atomic mass is 35.5. The van der Waals surface area contributed by atoms with Crippen LogP contribution >= 0.6 is 11.6 Å². The van der Waals surface area contributed by atoms with Crippen LogP contribution in [0.2, 0.25) is 5.02 Å². The number of nitrogens with one attached hydrogen (secondary N) is 2. The molecule has 40 heavy (non-hydrogen) atoms. The maximum atomic E-state index is 13.8. The topological polar surface area (TPSA) is 95.6 Å². The molecule has 2 amide bonds. The van der Waals surface area contributed by atoms with E-state index in [0.29, 0.717) is 18.0 Å². The molecule has 7 nitrogen and oxygen atoms in total. The SMILES string of the molecule is CC(C)CNC(=O)[C@H](c1ccccc1)N(Cc1ccc(Cl)cc1)C(=O)CCc1ccc(S(=O)(=O)NC2CC2)cc1. The van der Waals surface area contributed by atoms with E-state index in [4.69, 9.17) is 11.6 Å². The first kappa shape index (κ1) is 29.8. The van der Waals surface area contributed by atoms with Gasteiger partial charge in [-0.25, -0.2) is 13.1 Å². The van der Waals surface area contributed by atoms with Crippen LogP contribution in [0.25, 0.3) is 0 Å². The highest BCUT2D eigenvalue weighted by Crippen LogP contribution is 2.26. The number of carbonyl (C=O) groups excluding carboxylic acids is 2. The van der Waals surface area contributed by atoms with Crippen molar-refractivity contribution < 1.29 is 18.0 Å². The molecule has 1 aliphatic carbocycles. The zero-order valence-corrected chi connectivity index (χ0v) is 24.4. The number of halogens is 1. The van der Waals surface area contributed by atoms with E-state index in [1.54, 1.807) is 41.3 Å². The molecular weight excluding hydrogens is 546 g/mol. The van der Waals surface area contributed by atoms with E-state index in [1.807, 2.05) is 56.3 Å². The number of nitrogens with zero attached hydrogens (tertiary/aromatic N) is 1. The fourth-order valence-corrected chi connectivity index (χ4v) is 5.77. The first-order chi connectivity index (χ1) is 19.1. The molecule has 0 spiro atoms. The summed E-state index contributed by atoms with van der Waals surface area (Å²) in [5.74, 6) is -0.164. The number of hydrogen-bond donors (Lipinski definition) is 2. The van der Waals surface area contributed by atoms with Crippen LogP contribution in [-0.2, 0) is 32.6 Å². The molecular formula is C31H36ClN3O4S. The van der Waals surface area contributed by atoms with Crippen LogP contribution in [0.5, 0.6) is 0 Å². The second-order valence-electron chi connectivity index (χ2n) is 10.6. The van der Waals surface area contributed by atoms with Gasteiger partial charge in [0, 0.05) is 30.6 Å². The van der Waals surface area contributed by atoms with Gasteiger partial charge in [0.15, 0.2) is 0 Å². The van der Waals surface area contributed by atoms with Gasteiger partial charge in [0.1, 0.15) is 6.04 Å². The maximum absolute atomic E-state index is 13.8. The Morgan fingerprint density at radius 1 is 0.925 bits per heavy atom. The van der Waals surface area contributed by atoms with Gasteiger partial charge in [-0.1, -0.05) is 80.0 Å². The minimum Gasteiger partial charge on any atom is -0.354 e. The van der Waals surface area contributed by atoms with Gasteiger partial charge >= 0.3 is 0 Å². The Labute approximate surface area is 242 Å². The average molecular weight is 582 g/mol. The number of amides is 2. The number of sulfonamides is 1. The maximum Gasteiger partial charge on any atom is 0.247 e. The van der Waals surface area contributed by atoms with Crippen LogP contribution in [0.3, 0.4) is 0 Å². The molecule has 1 fully saturated rings. The zero-order chi connectivity index (χ0) is 28.7. The minimum absolute atomic E-state index is 0.0317. The molecule has 9 heteroatoms. The summed E-state index contributed by atoms with van der Waals surface area (Å²) in [6.07, 6.45) is 2.29. The van der Waals surface area contributed by atoms with E-state index in [1.165, 1.54) is 0 Å². The smallest absolute Gasteiger partial charge is 0.247 e. The standard InChI is InChI=1S/C31H36ClN3O4S/c1-22(2)20-33-31(37)30(25-6-4-3-5-7-25)35(21-24-8-13-26(32)14-9-24)29(36)19-12-23-10-17-28(18-11-23)40(38,39)34-27-15-16-27/h3-11,13-14,17-18,22,27,30,34H,12,15-16,19-21H2,1-2H3,(H,33,37)/t30-/m0/s1. The Morgan fingerprint density at radius 3 is 2.15 bits per heavy atom. The molecule has 0 unspecified atom stereocenters. The highest BCUT2D eigenvalue weighted by Gasteiger charge is 2.31. The summed E-state index contributed by atoms with van der Waals surface area (Å²) in [5, 5.41) is 3.60. The molecule has 0 heterocycles. The average Bonchev–Trinajstić information content (AvgIpc) is 3.75. The summed E-state index contributed by atoms with van der Waals surface area (Å²) in [6.45, 7) is 4.77. The number of rotatable bonds is 13. The van der Waals surface area contributed by atoms with Crippen molar-refractivity contribution in [2.24, 2.45) is 5.92 Å². The Morgan fingerprint density at radius 2 is 1.55 bits per heavy atom. The van der Waals surface area contributed by atoms with Crippen molar-refractivity contribution in [1.29, 1.82) is 0 Å². The van der Waals surface area contributed by atoms with Gasteiger partial charge in [0.2, 0.25) is 21.8 Å². The van der Waals surface area contributed by atoms with Crippen molar-refractivity contribution in [2.75, 3.05) is 6.54 Å². The summed E-state index contributed by atoms with van der Waals surface area (Å²) < 4.78 is 27.7. The molecule has 1 saturated carbocycles. The summed E-state index contributed by atoms with van der Waals surface area (Å²) in [5.41, 5.74) is 2.42. The van der Waals surface area contributed by atoms with Crippen LogP contribution in [0, 0.1) is 5.92 Å². The van der Waals surface area contributed by atoms with Crippen molar-refractivity contribution in [3.8, 4) is 0 Å². The lowest BCUT2D eigenvalue weighted by atomic mass is 10.0. The number of aryl methyl sites for hydroxylation is 1. The molecule has 3 aromatic carbocycles. The largest absolute Gasteiger partial charge is 0.354 e.